The topological polar surface area (TPSA) is 55.1 Å². The predicted molar refractivity (Wildman–Crippen MR) is 74.2 cm³/mol. The van der Waals surface area contributed by atoms with Crippen LogP contribution in [0, 0.1) is 12.7 Å². The molecule has 23 heavy (non-hydrogen) atoms. The summed E-state index contributed by atoms with van der Waals surface area (Å²) in [4.78, 5) is 0. The summed E-state index contributed by atoms with van der Waals surface area (Å²) in [6.45, 7) is 1.60. The summed E-state index contributed by atoms with van der Waals surface area (Å²) in [6.07, 6.45) is -3.23. The van der Waals surface area contributed by atoms with Gasteiger partial charge < -0.3 is 5.32 Å². The summed E-state index contributed by atoms with van der Waals surface area (Å²) >= 11 is 0. The minimum atomic E-state index is -4.63. The lowest BCUT2D eigenvalue weighted by atomic mass is 10.1. The van der Waals surface area contributed by atoms with Gasteiger partial charge in [-0.3, -0.25) is 0 Å². The highest BCUT2D eigenvalue weighted by molar-refractivity contribution is 5.66. The van der Waals surface area contributed by atoms with Crippen molar-refractivity contribution in [3.63, 3.8) is 0 Å². The maximum Gasteiger partial charge on any atom is 0.416 e. The molecule has 0 radical (unpaired) electrons. The number of aryl methyl sites for hydroxylation is 1. The summed E-state index contributed by atoms with van der Waals surface area (Å²) in [5.41, 5.74) is 0.466. The van der Waals surface area contributed by atoms with Gasteiger partial charge in [0.15, 0.2) is 0 Å². The third-order valence-corrected chi connectivity index (χ3v) is 3.24. The van der Waals surface area contributed by atoms with E-state index in [4.69, 9.17) is 0 Å². The van der Waals surface area contributed by atoms with E-state index in [1.165, 1.54) is 10.8 Å². The lowest BCUT2D eigenvalue weighted by molar-refractivity contribution is -0.138. The van der Waals surface area contributed by atoms with Crippen molar-refractivity contribution in [1.82, 2.24) is 19.8 Å². The largest absolute Gasteiger partial charge is 0.416 e. The van der Waals surface area contributed by atoms with Gasteiger partial charge in [-0.15, -0.1) is 10.2 Å². The lowest BCUT2D eigenvalue weighted by Gasteiger charge is -2.14. The highest BCUT2D eigenvalue weighted by atomic mass is 19.4. The fraction of sp³-hybridized carbons (Fsp3) is 0.214. The molecule has 5 nitrogen and oxygen atoms in total. The Balaban J connectivity index is 1.93. The molecule has 0 aliphatic rings. The summed E-state index contributed by atoms with van der Waals surface area (Å²) in [5.74, 6) is -0.930. The van der Waals surface area contributed by atoms with Crippen molar-refractivity contribution in [2.75, 3.05) is 5.32 Å². The van der Waals surface area contributed by atoms with Crippen molar-refractivity contribution in [3.05, 3.63) is 53.2 Å². The highest BCUT2D eigenvalue weighted by Crippen LogP contribution is 2.33. The molecule has 0 aliphatic carbocycles. The zero-order valence-corrected chi connectivity index (χ0v) is 11.9. The molecule has 0 saturated carbocycles. The molecule has 9 heteroatoms. The number of anilines is 1. The van der Waals surface area contributed by atoms with Gasteiger partial charge in [-0.25, -0.2) is 4.39 Å². The van der Waals surface area contributed by atoms with E-state index in [1.54, 1.807) is 13.0 Å². The third-order valence-electron chi connectivity index (χ3n) is 3.24. The molecule has 0 bridgehead atoms. The molecule has 0 aliphatic heterocycles. The molecule has 2 aromatic heterocycles. The Hall–Kier alpha value is -2.71. The summed E-state index contributed by atoms with van der Waals surface area (Å²) in [5, 5.41) is 14.6. The van der Waals surface area contributed by atoms with Crippen LogP contribution in [0.25, 0.3) is 5.65 Å². The number of nitrogens with one attached hydrogen (secondary N) is 1. The van der Waals surface area contributed by atoms with E-state index in [-0.39, 0.29) is 12.1 Å². The monoisotopic (exact) mass is 325 g/mol. The smallest absolute Gasteiger partial charge is 0.378 e. The van der Waals surface area contributed by atoms with Crippen LogP contribution in [-0.2, 0) is 12.7 Å². The standard InChI is InChI=1S/C14H11F4N5/c1-8-4-12(13-21-20-7-23(13)22-8)19-6-9-2-3-10(15)5-11(9)14(16,17)18/h2-5,7,19H,6H2,1H3. The van der Waals surface area contributed by atoms with Crippen molar-refractivity contribution >= 4 is 11.3 Å². The zero-order chi connectivity index (χ0) is 16.6. The van der Waals surface area contributed by atoms with Crippen molar-refractivity contribution < 1.29 is 17.6 Å². The first-order valence-corrected chi connectivity index (χ1v) is 6.62. The average molecular weight is 325 g/mol. The molecule has 1 aromatic carbocycles. The molecule has 3 aromatic rings. The summed E-state index contributed by atoms with van der Waals surface area (Å²) in [7, 11) is 0. The molecule has 120 valence electrons. The lowest BCUT2D eigenvalue weighted by Crippen LogP contribution is -2.13. The highest BCUT2D eigenvalue weighted by Gasteiger charge is 2.33. The molecule has 0 fully saturated rings. The minimum absolute atomic E-state index is 0.0639. The van der Waals surface area contributed by atoms with Gasteiger partial charge in [0.25, 0.3) is 0 Å². The Labute approximate surface area is 128 Å². The Kier molecular flexibility index (Phi) is 3.63. The maximum absolute atomic E-state index is 13.1. The number of rotatable bonds is 3. The van der Waals surface area contributed by atoms with E-state index < -0.39 is 17.6 Å². The van der Waals surface area contributed by atoms with Gasteiger partial charge in [-0.05, 0) is 30.7 Å². The first-order chi connectivity index (χ1) is 10.8. The first kappa shape index (κ1) is 15.2. The third kappa shape index (κ3) is 3.08. The molecular formula is C14H11F4N5. The van der Waals surface area contributed by atoms with Gasteiger partial charge in [0.1, 0.15) is 12.1 Å². The number of benzene rings is 1. The Morgan fingerprint density at radius 2 is 2.00 bits per heavy atom. The van der Waals surface area contributed by atoms with Gasteiger partial charge in [0.05, 0.1) is 16.9 Å². The molecule has 0 amide bonds. The van der Waals surface area contributed by atoms with Gasteiger partial charge >= 0.3 is 6.18 Å². The van der Waals surface area contributed by atoms with E-state index in [0.29, 0.717) is 23.1 Å². The van der Waals surface area contributed by atoms with Crippen LogP contribution in [0.2, 0.25) is 0 Å². The van der Waals surface area contributed by atoms with Crippen LogP contribution in [0.4, 0.5) is 23.2 Å². The number of alkyl halides is 3. The molecule has 3 rings (SSSR count). The van der Waals surface area contributed by atoms with E-state index in [2.05, 4.69) is 20.6 Å². The van der Waals surface area contributed by atoms with Gasteiger partial charge in [0.2, 0.25) is 5.65 Å². The number of nitrogens with zero attached hydrogens (tertiary/aromatic N) is 4. The quantitative estimate of drug-likeness (QED) is 0.751. The number of hydrogen-bond acceptors (Lipinski definition) is 4. The number of fused-ring (bicyclic) bond motifs is 1. The second-order valence-corrected chi connectivity index (χ2v) is 4.95. The molecular weight excluding hydrogens is 314 g/mol. The van der Waals surface area contributed by atoms with Crippen LogP contribution < -0.4 is 5.32 Å². The van der Waals surface area contributed by atoms with Crippen LogP contribution >= 0.6 is 0 Å². The fourth-order valence-corrected chi connectivity index (χ4v) is 2.24. The first-order valence-electron chi connectivity index (χ1n) is 6.62. The van der Waals surface area contributed by atoms with Crippen molar-refractivity contribution in [3.8, 4) is 0 Å². The SMILES string of the molecule is Cc1cc(NCc2ccc(F)cc2C(F)(F)F)c2nncn2n1. The predicted octanol–water partition coefficient (Wildman–Crippen LogP) is 3.20. The van der Waals surface area contributed by atoms with Crippen LogP contribution in [0.5, 0.6) is 0 Å². The van der Waals surface area contributed by atoms with Gasteiger partial charge in [0, 0.05) is 6.54 Å². The van der Waals surface area contributed by atoms with E-state index in [0.717, 1.165) is 12.1 Å². The molecule has 0 saturated heterocycles. The molecule has 1 N–H and O–H groups in total. The molecule has 2 heterocycles. The molecule has 0 atom stereocenters. The van der Waals surface area contributed by atoms with Crippen molar-refractivity contribution in [2.24, 2.45) is 0 Å². The van der Waals surface area contributed by atoms with Crippen LogP contribution in [-0.4, -0.2) is 19.8 Å². The molecule has 0 unspecified atom stereocenters. The molecule has 0 spiro atoms. The van der Waals surface area contributed by atoms with E-state index >= 15 is 0 Å². The second kappa shape index (κ2) is 5.49. The van der Waals surface area contributed by atoms with Crippen molar-refractivity contribution in [1.29, 1.82) is 0 Å². The fourth-order valence-electron chi connectivity index (χ4n) is 2.24. The minimum Gasteiger partial charge on any atom is -0.378 e. The summed E-state index contributed by atoms with van der Waals surface area (Å²) < 4.78 is 53.5. The Morgan fingerprint density at radius 1 is 1.22 bits per heavy atom. The second-order valence-electron chi connectivity index (χ2n) is 4.95. The average Bonchev–Trinajstić information content (AvgIpc) is 2.92. The summed E-state index contributed by atoms with van der Waals surface area (Å²) in [6, 6.07) is 4.25. The van der Waals surface area contributed by atoms with Gasteiger partial charge in [-0.1, -0.05) is 6.07 Å². The van der Waals surface area contributed by atoms with E-state index in [9.17, 15) is 17.6 Å². The normalized spacial score (nSPS) is 11.9. The van der Waals surface area contributed by atoms with E-state index in [1.807, 2.05) is 0 Å². The maximum atomic E-state index is 13.1. The van der Waals surface area contributed by atoms with Crippen LogP contribution in [0.1, 0.15) is 16.8 Å². The number of halogens is 4. The Morgan fingerprint density at radius 3 is 2.74 bits per heavy atom. The Bertz CT molecular complexity index is 856. The van der Waals surface area contributed by atoms with Crippen LogP contribution in [0.3, 0.4) is 0 Å². The number of hydrogen-bond donors (Lipinski definition) is 1. The zero-order valence-electron chi connectivity index (χ0n) is 11.9. The van der Waals surface area contributed by atoms with Crippen molar-refractivity contribution in [2.45, 2.75) is 19.6 Å². The van der Waals surface area contributed by atoms with Crippen LogP contribution in [0.15, 0.2) is 30.6 Å². The number of aromatic nitrogens is 4. The van der Waals surface area contributed by atoms with Gasteiger partial charge in [-0.2, -0.15) is 22.8 Å².